The Labute approximate surface area is 209 Å². The average Bonchev–Trinajstić information content (AvgIpc) is 2.90. The van der Waals surface area contributed by atoms with E-state index in [-0.39, 0.29) is 4.90 Å². The molecule has 0 radical (unpaired) electrons. The van der Waals surface area contributed by atoms with Crippen LogP contribution < -0.4 is 4.72 Å². The molecule has 7 nitrogen and oxygen atoms in total. The maximum atomic E-state index is 13.3. The molecular formula is C26H33NO6SSi. The zero-order chi connectivity index (χ0) is 25.3. The van der Waals surface area contributed by atoms with Crippen LogP contribution in [0.25, 0.3) is 0 Å². The number of nitrogens with one attached hydrogen (secondary N) is 1. The van der Waals surface area contributed by atoms with Crippen molar-refractivity contribution in [2.75, 3.05) is 21.3 Å². The third kappa shape index (κ3) is 7.31. The molecule has 0 amide bonds. The van der Waals surface area contributed by atoms with Crippen molar-refractivity contribution >= 4 is 18.8 Å². The van der Waals surface area contributed by atoms with Gasteiger partial charge in [-0.1, -0.05) is 72.8 Å². The first-order valence-corrected chi connectivity index (χ1v) is 14.8. The van der Waals surface area contributed by atoms with Gasteiger partial charge in [0.25, 0.3) is 0 Å². The van der Waals surface area contributed by atoms with Gasteiger partial charge in [0.1, 0.15) is 0 Å². The van der Waals surface area contributed by atoms with Gasteiger partial charge in [0.2, 0.25) is 10.0 Å². The molecule has 0 unspecified atom stereocenters. The monoisotopic (exact) mass is 515 g/mol. The van der Waals surface area contributed by atoms with E-state index >= 15 is 0 Å². The van der Waals surface area contributed by atoms with E-state index in [2.05, 4.69) is 4.72 Å². The maximum Gasteiger partial charge on any atom is 0.500 e. The minimum atomic E-state index is -3.88. The van der Waals surface area contributed by atoms with Gasteiger partial charge in [-0.25, -0.2) is 13.1 Å². The van der Waals surface area contributed by atoms with Gasteiger partial charge in [-0.05, 0) is 41.7 Å². The maximum absolute atomic E-state index is 13.3. The summed E-state index contributed by atoms with van der Waals surface area (Å²) in [5.41, 5.74) is 2.51. The van der Waals surface area contributed by atoms with Crippen molar-refractivity contribution in [3.63, 3.8) is 0 Å². The van der Waals surface area contributed by atoms with E-state index in [9.17, 15) is 13.5 Å². The molecular weight excluding hydrogens is 482 g/mol. The molecule has 2 N–H and O–H groups in total. The summed E-state index contributed by atoms with van der Waals surface area (Å²) in [6.45, 7) is 0. The number of hydrogen-bond acceptors (Lipinski definition) is 6. The second-order valence-electron chi connectivity index (χ2n) is 8.21. The molecule has 0 aliphatic heterocycles. The van der Waals surface area contributed by atoms with Crippen molar-refractivity contribution in [2.45, 2.75) is 35.9 Å². The third-order valence-corrected chi connectivity index (χ3v) is 10.2. The molecule has 188 valence electrons. The lowest BCUT2D eigenvalue weighted by molar-refractivity contribution is 0.123. The minimum absolute atomic E-state index is 0.133. The Bertz CT molecular complexity index is 1130. The van der Waals surface area contributed by atoms with Gasteiger partial charge >= 0.3 is 8.80 Å². The van der Waals surface area contributed by atoms with Crippen molar-refractivity contribution in [1.82, 2.24) is 4.72 Å². The van der Waals surface area contributed by atoms with Crippen LogP contribution in [-0.4, -0.2) is 49.7 Å². The van der Waals surface area contributed by atoms with E-state index in [4.69, 9.17) is 13.3 Å². The van der Waals surface area contributed by atoms with E-state index < -0.39 is 31.0 Å². The molecule has 0 heterocycles. The van der Waals surface area contributed by atoms with Gasteiger partial charge in [0.05, 0.1) is 17.0 Å². The van der Waals surface area contributed by atoms with Crippen molar-refractivity contribution in [2.24, 2.45) is 0 Å². The molecule has 3 aromatic carbocycles. The molecule has 9 heteroatoms. The lowest BCUT2D eigenvalue weighted by atomic mass is 9.97. The predicted molar refractivity (Wildman–Crippen MR) is 137 cm³/mol. The van der Waals surface area contributed by atoms with E-state index in [1.807, 2.05) is 48.5 Å². The quantitative estimate of drug-likeness (QED) is 0.337. The van der Waals surface area contributed by atoms with Crippen LogP contribution in [0.3, 0.4) is 0 Å². The molecule has 0 spiro atoms. The predicted octanol–water partition coefficient (Wildman–Crippen LogP) is 3.73. The van der Waals surface area contributed by atoms with Gasteiger partial charge in [0.15, 0.2) is 0 Å². The van der Waals surface area contributed by atoms with Crippen LogP contribution in [0.15, 0.2) is 89.8 Å². The van der Waals surface area contributed by atoms with Crippen molar-refractivity contribution in [3.8, 4) is 0 Å². The summed E-state index contributed by atoms with van der Waals surface area (Å²) in [7, 11) is -1.90. The van der Waals surface area contributed by atoms with Gasteiger partial charge in [-0.2, -0.15) is 0 Å². The van der Waals surface area contributed by atoms with E-state index in [0.717, 1.165) is 11.1 Å². The summed E-state index contributed by atoms with van der Waals surface area (Å²) in [6, 6.07) is 25.1. The smallest absolute Gasteiger partial charge is 0.387 e. The molecule has 0 saturated heterocycles. The second-order valence-corrected chi connectivity index (χ2v) is 13.0. The summed E-state index contributed by atoms with van der Waals surface area (Å²) in [4.78, 5) is 0.133. The fourth-order valence-electron chi connectivity index (χ4n) is 3.92. The Kier molecular flexibility index (Phi) is 9.76. The fraction of sp³-hybridized carbons (Fsp3) is 0.308. The Balaban J connectivity index is 1.78. The third-order valence-electron chi connectivity index (χ3n) is 6.01. The molecule has 3 rings (SSSR count). The highest BCUT2D eigenvalue weighted by atomic mass is 32.2. The van der Waals surface area contributed by atoms with Crippen LogP contribution >= 0.6 is 0 Å². The fourth-order valence-corrected chi connectivity index (χ4v) is 6.87. The molecule has 0 aromatic heterocycles. The number of hydrogen-bond donors (Lipinski definition) is 2. The topological polar surface area (TPSA) is 94.1 Å². The largest absolute Gasteiger partial charge is 0.500 e. The molecule has 2 atom stereocenters. The number of rotatable bonds is 13. The Morgan fingerprint density at radius 2 is 1.34 bits per heavy atom. The summed E-state index contributed by atoms with van der Waals surface area (Å²) in [5, 5.41) is 11.1. The number of aliphatic hydroxyl groups is 1. The number of aryl methyl sites for hydroxylation is 1. The lowest BCUT2D eigenvalue weighted by Crippen LogP contribution is -2.43. The highest BCUT2D eigenvalue weighted by Gasteiger charge is 2.37. The van der Waals surface area contributed by atoms with Gasteiger partial charge in [-0.15, -0.1) is 0 Å². The SMILES string of the molecule is CO[Si](CCc1ccc(S(=O)(=O)N[C@@H](Cc2ccccc2)[C@H](O)c2ccccc2)cc1)(OC)OC. The van der Waals surface area contributed by atoms with E-state index in [1.54, 1.807) is 57.7 Å². The van der Waals surface area contributed by atoms with Crippen LogP contribution in [-0.2, 0) is 36.1 Å². The lowest BCUT2D eigenvalue weighted by Gasteiger charge is -2.25. The number of benzene rings is 3. The number of sulfonamides is 1. The van der Waals surface area contributed by atoms with E-state index in [1.165, 1.54) is 0 Å². The zero-order valence-electron chi connectivity index (χ0n) is 20.3. The van der Waals surface area contributed by atoms with Crippen molar-refractivity contribution in [1.29, 1.82) is 0 Å². The standard InChI is InChI=1S/C26H33NO6SSi/c1-31-35(32-2,33-3)19-18-21-14-16-24(17-15-21)34(29,30)27-25(20-22-10-6-4-7-11-22)26(28)23-12-8-5-9-13-23/h4-17,25-28H,18-20H2,1-3H3/t25-,26+/m0/s1. The van der Waals surface area contributed by atoms with Crippen molar-refractivity contribution in [3.05, 3.63) is 102 Å². The highest BCUT2D eigenvalue weighted by molar-refractivity contribution is 7.89. The van der Waals surface area contributed by atoms with Crippen LogP contribution in [0, 0.1) is 0 Å². The second kappa shape index (κ2) is 12.5. The van der Waals surface area contributed by atoms with E-state index in [0.29, 0.717) is 24.4 Å². The van der Waals surface area contributed by atoms with Gasteiger partial charge < -0.3 is 18.4 Å². The molecule has 3 aromatic rings. The van der Waals surface area contributed by atoms with Gasteiger partial charge in [0, 0.05) is 27.4 Å². The number of aliphatic hydroxyl groups excluding tert-OH is 1. The Morgan fingerprint density at radius 1 is 0.800 bits per heavy atom. The van der Waals surface area contributed by atoms with Crippen LogP contribution in [0.2, 0.25) is 6.04 Å². The van der Waals surface area contributed by atoms with Crippen LogP contribution in [0.4, 0.5) is 0 Å². The minimum Gasteiger partial charge on any atom is -0.387 e. The van der Waals surface area contributed by atoms with Gasteiger partial charge in [-0.3, -0.25) is 0 Å². The highest BCUT2D eigenvalue weighted by Crippen LogP contribution is 2.23. The molecule has 35 heavy (non-hydrogen) atoms. The summed E-state index contributed by atoms with van der Waals surface area (Å²) in [5.74, 6) is 0. The first-order valence-electron chi connectivity index (χ1n) is 11.4. The molecule has 0 fully saturated rings. The normalized spacial score (nSPS) is 13.9. The Morgan fingerprint density at radius 3 is 1.89 bits per heavy atom. The zero-order valence-corrected chi connectivity index (χ0v) is 22.1. The molecule has 0 bridgehead atoms. The first kappa shape index (κ1) is 27.2. The average molecular weight is 516 g/mol. The molecule has 0 aliphatic rings. The van der Waals surface area contributed by atoms with Crippen LogP contribution in [0.5, 0.6) is 0 Å². The van der Waals surface area contributed by atoms with Crippen molar-refractivity contribution < 1.29 is 26.8 Å². The van der Waals surface area contributed by atoms with Crippen LogP contribution in [0.1, 0.15) is 22.8 Å². The summed E-state index contributed by atoms with van der Waals surface area (Å²) < 4.78 is 45.6. The summed E-state index contributed by atoms with van der Waals surface area (Å²) in [6.07, 6.45) is -0.0501. The Hall–Kier alpha value is -2.37. The molecule has 0 saturated carbocycles. The molecule has 0 aliphatic carbocycles. The summed E-state index contributed by atoms with van der Waals surface area (Å²) >= 11 is 0. The first-order chi connectivity index (χ1) is 16.8.